The highest BCUT2D eigenvalue weighted by Gasteiger charge is 2.44. The lowest BCUT2D eigenvalue weighted by molar-refractivity contribution is -0.122. The third-order valence-corrected chi connectivity index (χ3v) is 5.18. The summed E-state index contributed by atoms with van der Waals surface area (Å²) < 4.78 is 6.67. The molecule has 1 aliphatic carbocycles. The molecule has 0 aromatic rings. The SMILES string of the molecule is C/C(=C/N(C)C1C[C@H]2CCC(I)[C@H]2O1)C(=O)NC=O. The first kappa shape index (κ1) is 14.8. The van der Waals surface area contributed by atoms with Crippen molar-refractivity contribution in [2.75, 3.05) is 7.05 Å². The fourth-order valence-electron chi connectivity index (χ4n) is 2.82. The second-order valence-corrected chi connectivity index (χ2v) is 6.81. The Hall–Kier alpha value is -0.630. The van der Waals surface area contributed by atoms with E-state index in [0.717, 1.165) is 6.42 Å². The first-order valence-electron chi connectivity index (χ1n) is 6.47. The number of carbonyl (C=O) groups excluding carboxylic acids is 2. The molecular weight excluding hydrogens is 359 g/mol. The molecule has 6 heteroatoms. The van der Waals surface area contributed by atoms with Crippen LogP contribution in [0.1, 0.15) is 26.2 Å². The van der Waals surface area contributed by atoms with Crippen LogP contribution in [0.5, 0.6) is 0 Å². The lowest BCUT2D eigenvalue weighted by Crippen LogP contribution is -2.31. The topological polar surface area (TPSA) is 58.6 Å². The summed E-state index contributed by atoms with van der Waals surface area (Å²) in [6.45, 7) is 1.69. The molecule has 0 aromatic heterocycles. The summed E-state index contributed by atoms with van der Waals surface area (Å²) in [6.07, 6.45) is 6.01. The minimum Gasteiger partial charge on any atom is -0.355 e. The zero-order valence-electron chi connectivity index (χ0n) is 11.1. The number of fused-ring (bicyclic) bond motifs is 1. The standard InChI is InChI=1S/C13H19IN2O3/c1-8(13(18)15-7-17)6-16(2)11-5-9-3-4-10(14)12(9)19-11/h6-7,9-12H,3-5H2,1-2H3,(H,15,17,18)/b8-6-/t9-,10?,11?,12+/m1/s1. The highest BCUT2D eigenvalue weighted by atomic mass is 127. The van der Waals surface area contributed by atoms with E-state index < -0.39 is 0 Å². The lowest BCUT2D eigenvalue weighted by atomic mass is 10.0. The highest BCUT2D eigenvalue weighted by Crippen LogP contribution is 2.43. The number of hydrogen-bond donors (Lipinski definition) is 1. The Bertz CT molecular complexity index is 399. The number of amides is 2. The molecule has 5 nitrogen and oxygen atoms in total. The number of rotatable bonds is 4. The quantitative estimate of drug-likeness (QED) is 0.348. The van der Waals surface area contributed by atoms with Crippen molar-refractivity contribution in [1.29, 1.82) is 0 Å². The molecule has 2 amide bonds. The zero-order valence-corrected chi connectivity index (χ0v) is 13.3. The minimum atomic E-state index is -0.369. The van der Waals surface area contributed by atoms with Crippen molar-refractivity contribution in [2.45, 2.75) is 42.4 Å². The second kappa shape index (κ2) is 6.21. The summed E-state index contributed by atoms with van der Waals surface area (Å²) in [6, 6.07) is 0. The summed E-state index contributed by atoms with van der Waals surface area (Å²) in [5, 5.41) is 2.13. The van der Waals surface area contributed by atoms with Gasteiger partial charge in [0.2, 0.25) is 6.41 Å². The number of nitrogens with one attached hydrogen (secondary N) is 1. The van der Waals surface area contributed by atoms with Crippen LogP contribution in [0.3, 0.4) is 0 Å². The molecule has 19 heavy (non-hydrogen) atoms. The van der Waals surface area contributed by atoms with E-state index in [1.165, 1.54) is 12.8 Å². The van der Waals surface area contributed by atoms with Crippen molar-refractivity contribution in [2.24, 2.45) is 5.92 Å². The van der Waals surface area contributed by atoms with E-state index in [1.54, 1.807) is 13.1 Å². The normalized spacial score (nSPS) is 33.9. The third kappa shape index (κ3) is 3.28. The smallest absolute Gasteiger partial charge is 0.254 e. The van der Waals surface area contributed by atoms with E-state index in [9.17, 15) is 9.59 Å². The molecule has 1 aliphatic heterocycles. The fraction of sp³-hybridized carbons (Fsp3) is 0.692. The lowest BCUT2D eigenvalue weighted by Gasteiger charge is -2.24. The third-order valence-electron chi connectivity index (χ3n) is 3.85. The maximum atomic E-state index is 11.5. The first-order chi connectivity index (χ1) is 9.02. The number of ether oxygens (including phenoxy) is 1. The van der Waals surface area contributed by atoms with Crippen molar-refractivity contribution >= 4 is 34.9 Å². The number of carbonyl (C=O) groups is 2. The molecule has 2 rings (SSSR count). The van der Waals surface area contributed by atoms with Gasteiger partial charge in [0.05, 0.1) is 6.10 Å². The van der Waals surface area contributed by atoms with Crippen molar-refractivity contribution in [3.63, 3.8) is 0 Å². The summed E-state index contributed by atoms with van der Waals surface area (Å²) >= 11 is 2.47. The van der Waals surface area contributed by atoms with E-state index >= 15 is 0 Å². The number of nitrogens with zero attached hydrogens (tertiary/aromatic N) is 1. The Morgan fingerprint density at radius 3 is 2.84 bits per heavy atom. The van der Waals surface area contributed by atoms with Gasteiger partial charge in [-0.1, -0.05) is 22.6 Å². The minimum absolute atomic E-state index is 0.0338. The molecule has 2 fully saturated rings. The molecule has 1 heterocycles. The van der Waals surface area contributed by atoms with Gasteiger partial charge >= 0.3 is 0 Å². The Balaban J connectivity index is 1.94. The predicted molar refractivity (Wildman–Crippen MR) is 79.5 cm³/mol. The molecule has 0 bridgehead atoms. The Labute approximate surface area is 126 Å². The maximum absolute atomic E-state index is 11.5. The Kier molecular flexibility index (Phi) is 4.83. The molecule has 1 saturated carbocycles. The van der Waals surface area contributed by atoms with Crippen molar-refractivity contribution in [3.8, 4) is 0 Å². The maximum Gasteiger partial charge on any atom is 0.254 e. The van der Waals surface area contributed by atoms with Gasteiger partial charge in [-0.3, -0.25) is 14.9 Å². The molecule has 0 spiro atoms. The van der Waals surface area contributed by atoms with Gasteiger partial charge in [-0.25, -0.2) is 0 Å². The highest BCUT2D eigenvalue weighted by molar-refractivity contribution is 14.1. The second-order valence-electron chi connectivity index (χ2n) is 5.21. The van der Waals surface area contributed by atoms with Gasteiger partial charge in [0.1, 0.15) is 6.23 Å². The Morgan fingerprint density at radius 1 is 1.47 bits per heavy atom. The van der Waals surface area contributed by atoms with Gasteiger partial charge in [-0.05, 0) is 32.1 Å². The molecule has 0 radical (unpaired) electrons. The summed E-state index contributed by atoms with van der Waals surface area (Å²) in [4.78, 5) is 23.6. The van der Waals surface area contributed by atoms with Crippen LogP contribution < -0.4 is 5.32 Å². The Morgan fingerprint density at radius 2 is 2.21 bits per heavy atom. The van der Waals surface area contributed by atoms with E-state index in [4.69, 9.17) is 4.74 Å². The average Bonchev–Trinajstić information content (AvgIpc) is 2.92. The molecule has 1 N–H and O–H groups in total. The molecule has 1 saturated heterocycles. The van der Waals surface area contributed by atoms with Gasteiger partial charge in [-0.15, -0.1) is 0 Å². The van der Waals surface area contributed by atoms with Crippen LogP contribution in [-0.4, -0.2) is 40.5 Å². The van der Waals surface area contributed by atoms with Crippen molar-refractivity contribution < 1.29 is 14.3 Å². The van der Waals surface area contributed by atoms with Gasteiger partial charge in [0.15, 0.2) is 0 Å². The molecule has 2 unspecified atom stereocenters. The van der Waals surface area contributed by atoms with Crippen LogP contribution in [0.4, 0.5) is 0 Å². The molecule has 106 valence electrons. The number of hydrogen-bond acceptors (Lipinski definition) is 4. The van der Waals surface area contributed by atoms with Gasteiger partial charge < -0.3 is 9.64 Å². The van der Waals surface area contributed by atoms with Gasteiger partial charge in [0.25, 0.3) is 5.91 Å². The average molecular weight is 378 g/mol. The molecule has 0 aromatic carbocycles. The summed E-state index contributed by atoms with van der Waals surface area (Å²) in [5.41, 5.74) is 0.501. The monoisotopic (exact) mass is 378 g/mol. The zero-order chi connectivity index (χ0) is 14.0. The summed E-state index contributed by atoms with van der Waals surface area (Å²) in [7, 11) is 1.91. The first-order valence-corrected chi connectivity index (χ1v) is 7.72. The molecular formula is C13H19IN2O3. The van der Waals surface area contributed by atoms with Gasteiger partial charge in [0, 0.05) is 22.7 Å². The van der Waals surface area contributed by atoms with Crippen LogP contribution in [0.15, 0.2) is 11.8 Å². The molecule has 4 atom stereocenters. The van der Waals surface area contributed by atoms with Crippen LogP contribution in [0.25, 0.3) is 0 Å². The number of halogens is 1. The van der Waals surface area contributed by atoms with Crippen LogP contribution >= 0.6 is 22.6 Å². The van der Waals surface area contributed by atoms with E-state index in [-0.39, 0.29) is 12.1 Å². The predicted octanol–water partition coefficient (Wildman–Crippen LogP) is 1.42. The van der Waals surface area contributed by atoms with Crippen molar-refractivity contribution in [1.82, 2.24) is 10.2 Å². The van der Waals surface area contributed by atoms with E-state index in [2.05, 4.69) is 27.9 Å². The van der Waals surface area contributed by atoms with Gasteiger partial charge in [-0.2, -0.15) is 0 Å². The largest absolute Gasteiger partial charge is 0.355 e. The van der Waals surface area contributed by atoms with E-state index in [1.807, 2.05) is 11.9 Å². The van der Waals surface area contributed by atoms with Crippen LogP contribution in [0.2, 0.25) is 0 Å². The molecule has 2 aliphatic rings. The fourth-order valence-corrected chi connectivity index (χ4v) is 3.93. The van der Waals surface area contributed by atoms with Crippen LogP contribution in [0, 0.1) is 5.92 Å². The van der Waals surface area contributed by atoms with Crippen molar-refractivity contribution in [3.05, 3.63) is 11.8 Å². The number of imide groups is 1. The number of alkyl halides is 1. The van der Waals surface area contributed by atoms with E-state index in [0.29, 0.717) is 27.9 Å². The summed E-state index contributed by atoms with van der Waals surface area (Å²) in [5.74, 6) is 0.277. The van der Waals surface area contributed by atoms with Crippen LogP contribution in [-0.2, 0) is 14.3 Å².